The normalized spacial score (nSPS) is 15.0. The first-order valence-corrected chi connectivity index (χ1v) is 9.81. The molecule has 28 heavy (non-hydrogen) atoms. The molecule has 0 bridgehead atoms. The molecule has 0 saturated carbocycles. The number of aliphatic imine (C=N–C) groups is 1. The largest absolute Gasteiger partial charge is 0.497 e. The Bertz CT molecular complexity index is 751. The van der Waals surface area contributed by atoms with Crippen molar-refractivity contribution in [1.82, 2.24) is 10.6 Å². The van der Waals surface area contributed by atoms with E-state index in [0.29, 0.717) is 17.6 Å². The Kier molecular flexibility index (Phi) is 7.93. The molecule has 2 rings (SSSR count). The number of methoxy groups -OCH3 is 1. The van der Waals surface area contributed by atoms with Crippen LogP contribution in [-0.2, 0) is 5.60 Å². The molecule has 6 nitrogen and oxygen atoms in total. The first-order valence-electron chi connectivity index (χ1n) is 9.81. The Morgan fingerprint density at radius 1 is 1.21 bits per heavy atom. The van der Waals surface area contributed by atoms with E-state index in [4.69, 9.17) is 9.15 Å². The van der Waals surface area contributed by atoms with Crippen LogP contribution in [0.5, 0.6) is 5.75 Å². The van der Waals surface area contributed by atoms with Crippen LogP contribution in [0.3, 0.4) is 0 Å². The highest BCUT2D eigenvalue weighted by Gasteiger charge is 2.26. The summed E-state index contributed by atoms with van der Waals surface area (Å²) < 4.78 is 10.8. The van der Waals surface area contributed by atoms with Gasteiger partial charge < -0.3 is 24.9 Å². The number of aryl methyl sites for hydroxylation is 1. The number of furan rings is 1. The maximum absolute atomic E-state index is 10.7. The Labute approximate surface area is 168 Å². The molecule has 2 aromatic rings. The van der Waals surface area contributed by atoms with Crippen LogP contribution in [0, 0.1) is 6.92 Å². The Morgan fingerprint density at radius 2 is 1.93 bits per heavy atom. The molecule has 2 atom stereocenters. The van der Waals surface area contributed by atoms with E-state index in [0.717, 1.165) is 31.0 Å². The van der Waals surface area contributed by atoms with E-state index >= 15 is 0 Å². The third-order valence-electron chi connectivity index (χ3n) is 4.72. The van der Waals surface area contributed by atoms with Crippen LogP contribution in [-0.4, -0.2) is 37.8 Å². The van der Waals surface area contributed by atoms with Gasteiger partial charge in [-0.15, -0.1) is 0 Å². The molecule has 0 fully saturated rings. The molecule has 3 N–H and O–H groups in total. The maximum atomic E-state index is 10.7. The molecule has 0 aliphatic rings. The van der Waals surface area contributed by atoms with Crippen molar-refractivity contribution < 1.29 is 14.3 Å². The highest BCUT2D eigenvalue weighted by molar-refractivity contribution is 5.79. The van der Waals surface area contributed by atoms with Crippen LogP contribution in [0.2, 0.25) is 0 Å². The van der Waals surface area contributed by atoms with Crippen LogP contribution in [0.15, 0.2) is 45.8 Å². The van der Waals surface area contributed by atoms with Gasteiger partial charge in [-0.25, -0.2) is 4.99 Å². The second kappa shape index (κ2) is 10.2. The molecule has 0 aliphatic heterocycles. The summed E-state index contributed by atoms with van der Waals surface area (Å²) in [4.78, 5) is 4.53. The van der Waals surface area contributed by atoms with Gasteiger partial charge in [0.05, 0.1) is 13.7 Å². The molecule has 0 radical (unpaired) electrons. The first-order chi connectivity index (χ1) is 13.4. The summed E-state index contributed by atoms with van der Waals surface area (Å²) in [5, 5.41) is 17.2. The van der Waals surface area contributed by atoms with Gasteiger partial charge in [0.1, 0.15) is 22.9 Å². The minimum absolute atomic E-state index is 0.212. The lowest BCUT2D eigenvalue weighted by molar-refractivity contribution is 0.0428. The number of nitrogens with zero attached hydrogens (tertiary/aromatic N) is 1. The third kappa shape index (κ3) is 6.30. The van der Waals surface area contributed by atoms with Crippen LogP contribution in [0.4, 0.5) is 0 Å². The summed E-state index contributed by atoms with van der Waals surface area (Å²) in [7, 11) is 1.67. The van der Waals surface area contributed by atoms with Crippen LogP contribution in [0.25, 0.3) is 0 Å². The van der Waals surface area contributed by atoms with Gasteiger partial charge in [0.2, 0.25) is 0 Å². The molecule has 1 aromatic carbocycles. The van der Waals surface area contributed by atoms with Crippen molar-refractivity contribution in [3.63, 3.8) is 0 Å². The van der Waals surface area contributed by atoms with Crippen molar-refractivity contribution in [2.45, 2.75) is 45.6 Å². The van der Waals surface area contributed by atoms with Gasteiger partial charge >= 0.3 is 0 Å². The molecule has 6 heteroatoms. The van der Waals surface area contributed by atoms with Crippen LogP contribution >= 0.6 is 0 Å². The van der Waals surface area contributed by atoms with E-state index in [2.05, 4.69) is 34.7 Å². The van der Waals surface area contributed by atoms with E-state index in [1.54, 1.807) is 20.1 Å². The number of benzene rings is 1. The van der Waals surface area contributed by atoms with Gasteiger partial charge in [-0.2, -0.15) is 0 Å². The lowest BCUT2D eigenvalue weighted by Crippen LogP contribution is -2.39. The molecule has 0 aliphatic carbocycles. The van der Waals surface area contributed by atoms with E-state index in [1.165, 1.54) is 5.56 Å². The summed E-state index contributed by atoms with van der Waals surface area (Å²) in [6.07, 6.45) is 0.963. The fourth-order valence-electron chi connectivity index (χ4n) is 2.88. The van der Waals surface area contributed by atoms with Crippen LogP contribution in [0.1, 0.15) is 50.2 Å². The summed E-state index contributed by atoms with van der Waals surface area (Å²) >= 11 is 0. The highest BCUT2D eigenvalue weighted by Crippen LogP contribution is 2.23. The number of ether oxygens (including phenoxy) is 1. The van der Waals surface area contributed by atoms with Gasteiger partial charge in [0.25, 0.3) is 0 Å². The SMILES string of the molecule is CCNC(=NCC(C)(O)c1ccc(C)o1)NCCC(C)c1ccc(OC)cc1. The summed E-state index contributed by atoms with van der Waals surface area (Å²) in [5.41, 5.74) is 0.133. The highest BCUT2D eigenvalue weighted by atomic mass is 16.5. The predicted octanol–water partition coefficient (Wildman–Crippen LogP) is 3.55. The topological polar surface area (TPSA) is 79.0 Å². The first kappa shape index (κ1) is 21.8. The fourth-order valence-corrected chi connectivity index (χ4v) is 2.88. The van der Waals surface area contributed by atoms with Crippen molar-refractivity contribution in [2.75, 3.05) is 26.7 Å². The molecule has 0 spiro atoms. The summed E-state index contributed by atoms with van der Waals surface area (Å²) in [6, 6.07) is 11.8. The number of nitrogens with one attached hydrogen (secondary N) is 2. The average Bonchev–Trinajstić information content (AvgIpc) is 3.13. The lowest BCUT2D eigenvalue weighted by atomic mass is 9.98. The number of hydrogen-bond acceptors (Lipinski definition) is 4. The zero-order chi connectivity index (χ0) is 20.6. The zero-order valence-corrected chi connectivity index (χ0v) is 17.6. The summed E-state index contributed by atoms with van der Waals surface area (Å²) in [6.45, 7) is 9.54. The van der Waals surface area contributed by atoms with Gasteiger partial charge in [0, 0.05) is 13.1 Å². The minimum Gasteiger partial charge on any atom is -0.497 e. The predicted molar refractivity (Wildman–Crippen MR) is 113 cm³/mol. The Balaban J connectivity index is 1.89. The molecule has 1 aromatic heterocycles. The Morgan fingerprint density at radius 3 is 2.50 bits per heavy atom. The molecule has 0 amide bonds. The van der Waals surface area contributed by atoms with Gasteiger partial charge in [-0.1, -0.05) is 19.1 Å². The zero-order valence-electron chi connectivity index (χ0n) is 17.6. The fraction of sp³-hybridized carbons (Fsp3) is 0.500. The van der Waals surface area contributed by atoms with Crippen LogP contribution < -0.4 is 15.4 Å². The number of aliphatic hydroxyl groups is 1. The standard InChI is InChI=1S/C22H33N3O3/c1-6-23-21(25-15-22(4,26)20-12-7-17(3)28-20)24-14-13-16(2)18-8-10-19(27-5)11-9-18/h7-12,16,26H,6,13-15H2,1-5H3,(H2,23,24,25). The molecule has 154 valence electrons. The van der Waals surface area contributed by atoms with E-state index in [9.17, 15) is 5.11 Å². The minimum atomic E-state index is -1.15. The van der Waals surface area contributed by atoms with Gasteiger partial charge in [0.15, 0.2) is 5.96 Å². The average molecular weight is 388 g/mol. The van der Waals surface area contributed by atoms with Crippen molar-refractivity contribution in [2.24, 2.45) is 4.99 Å². The Hall–Kier alpha value is -2.47. The lowest BCUT2D eigenvalue weighted by Gasteiger charge is -2.20. The van der Waals surface area contributed by atoms with Crippen molar-refractivity contribution in [3.05, 3.63) is 53.5 Å². The molecule has 2 unspecified atom stereocenters. The smallest absolute Gasteiger partial charge is 0.191 e. The molecule has 0 saturated heterocycles. The second-order valence-electron chi connectivity index (χ2n) is 7.27. The monoisotopic (exact) mass is 387 g/mol. The number of guanidine groups is 1. The van der Waals surface area contributed by atoms with Crippen molar-refractivity contribution in [3.8, 4) is 5.75 Å². The van der Waals surface area contributed by atoms with E-state index in [1.807, 2.05) is 32.0 Å². The van der Waals surface area contributed by atoms with E-state index < -0.39 is 5.60 Å². The molecular weight excluding hydrogens is 354 g/mol. The second-order valence-corrected chi connectivity index (χ2v) is 7.27. The molecule has 1 heterocycles. The third-order valence-corrected chi connectivity index (χ3v) is 4.72. The quantitative estimate of drug-likeness (QED) is 0.453. The van der Waals surface area contributed by atoms with Gasteiger partial charge in [-0.3, -0.25) is 0 Å². The maximum Gasteiger partial charge on any atom is 0.191 e. The number of hydrogen-bond donors (Lipinski definition) is 3. The van der Waals surface area contributed by atoms with Crippen molar-refractivity contribution in [1.29, 1.82) is 0 Å². The van der Waals surface area contributed by atoms with E-state index in [-0.39, 0.29) is 6.54 Å². The van der Waals surface area contributed by atoms with Crippen molar-refractivity contribution >= 4 is 5.96 Å². The van der Waals surface area contributed by atoms with Gasteiger partial charge in [-0.05, 0) is 62.9 Å². The molecular formula is C22H33N3O3. The summed E-state index contributed by atoms with van der Waals surface area (Å²) in [5.74, 6) is 3.27. The number of rotatable bonds is 9.